The lowest BCUT2D eigenvalue weighted by molar-refractivity contribution is -0.138. The number of fused-ring (bicyclic) bond motifs is 4. The number of carbonyl (C=O) groups is 5. The molecule has 3 N–H and O–H groups in total. The molecule has 0 bridgehead atoms. The zero-order valence-corrected chi connectivity index (χ0v) is 23.7. The molecule has 13 heteroatoms. The van der Waals surface area contributed by atoms with Crippen LogP contribution in [0.25, 0.3) is 0 Å². The number of benzene rings is 2. The van der Waals surface area contributed by atoms with E-state index < -0.39 is 74.3 Å². The van der Waals surface area contributed by atoms with E-state index in [1.54, 1.807) is 12.1 Å². The van der Waals surface area contributed by atoms with Gasteiger partial charge in [0.1, 0.15) is 22.8 Å². The van der Waals surface area contributed by atoms with Gasteiger partial charge in [-0.1, -0.05) is 17.7 Å². The molecule has 2 aromatic carbocycles. The Morgan fingerprint density at radius 2 is 1.71 bits per heavy atom. The van der Waals surface area contributed by atoms with E-state index in [-0.39, 0.29) is 35.6 Å². The first kappa shape index (κ1) is 28.0. The maximum Gasteiger partial charge on any atom is 0.339 e. The van der Waals surface area contributed by atoms with E-state index in [9.17, 15) is 39.3 Å². The number of phenols is 2. The normalized spacial score (nSPS) is 32.0. The number of allylic oxidation sites excluding steroid dienone is 2. The molecular formula is C29H24Cl2N2O9. The number of halogens is 2. The molecule has 0 aromatic heterocycles. The van der Waals surface area contributed by atoms with Crippen molar-refractivity contribution in [2.24, 2.45) is 17.8 Å². The van der Waals surface area contributed by atoms with Gasteiger partial charge in [-0.2, -0.15) is 0 Å². The Kier molecular flexibility index (Phi) is 6.15. The molecule has 6 rings (SSSR count). The number of aromatic carboxylic acids is 1. The number of ether oxygens (including phenoxy) is 1. The van der Waals surface area contributed by atoms with Crippen molar-refractivity contribution < 1.29 is 44.0 Å². The Morgan fingerprint density at radius 1 is 1.00 bits per heavy atom. The molecule has 2 heterocycles. The second-order valence-electron chi connectivity index (χ2n) is 10.9. The van der Waals surface area contributed by atoms with E-state index in [4.69, 9.17) is 27.9 Å². The Bertz CT molecular complexity index is 1660. The Labute approximate surface area is 248 Å². The summed E-state index contributed by atoms with van der Waals surface area (Å²) < 4.78 is 5.52. The first-order valence-corrected chi connectivity index (χ1v) is 13.8. The van der Waals surface area contributed by atoms with Gasteiger partial charge in [-0.3, -0.25) is 24.1 Å². The number of phenolic OH excluding ortho intramolecular Hbond substituents is 1. The number of imide groups is 2. The van der Waals surface area contributed by atoms with Crippen LogP contribution in [0, 0.1) is 17.8 Å². The molecule has 2 aliphatic heterocycles. The highest BCUT2D eigenvalue weighted by Gasteiger charge is 2.76. The van der Waals surface area contributed by atoms with Crippen molar-refractivity contribution in [3.05, 3.63) is 59.2 Å². The monoisotopic (exact) mass is 614 g/mol. The number of carboxylic acid groups (broad SMARTS) is 1. The van der Waals surface area contributed by atoms with Gasteiger partial charge in [-0.15, -0.1) is 23.2 Å². The fraction of sp³-hybridized carbons (Fsp3) is 0.345. The third-order valence-electron chi connectivity index (χ3n) is 9.04. The third-order valence-corrected chi connectivity index (χ3v) is 10.4. The van der Waals surface area contributed by atoms with Crippen LogP contribution in [0.5, 0.6) is 17.2 Å². The summed E-state index contributed by atoms with van der Waals surface area (Å²) in [5, 5.41) is 30.5. The van der Waals surface area contributed by atoms with E-state index in [0.29, 0.717) is 5.57 Å². The summed E-state index contributed by atoms with van der Waals surface area (Å²) in [5.41, 5.74) is 0.166. The molecule has 6 atom stereocenters. The highest BCUT2D eigenvalue weighted by molar-refractivity contribution is 6.53. The molecule has 2 aromatic rings. The van der Waals surface area contributed by atoms with E-state index in [2.05, 4.69) is 0 Å². The van der Waals surface area contributed by atoms with Gasteiger partial charge in [-0.25, -0.2) is 9.69 Å². The maximum atomic E-state index is 14.0. The van der Waals surface area contributed by atoms with Crippen LogP contribution in [-0.2, 0) is 19.2 Å². The van der Waals surface area contributed by atoms with Crippen LogP contribution in [0.15, 0.2) is 48.0 Å². The summed E-state index contributed by atoms with van der Waals surface area (Å²) in [4.78, 5) is 63.9. The zero-order chi connectivity index (χ0) is 30.5. The lowest BCUT2D eigenvalue weighted by Gasteiger charge is -2.50. The molecule has 42 heavy (non-hydrogen) atoms. The van der Waals surface area contributed by atoms with E-state index in [1.807, 2.05) is 0 Å². The number of nitrogens with zero attached hydrogens (tertiary/aromatic N) is 2. The molecule has 6 unspecified atom stereocenters. The van der Waals surface area contributed by atoms with Gasteiger partial charge in [-0.05, 0) is 43.0 Å². The van der Waals surface area contributed by atoms with Crippen LogP contribution in [-0.4, -0.2) is 73.7 Å². The van der Waals surface area contributed by atoms with Gasteiger partial charge in [0.15, 0.2) is 9.75 Å². The van der Waals surface area contributed by atoms with Gasteiger partial charge >= 0.3 is 5.97 Å². The zero-order valence-electron chi connectivity index (χ0n) is 22.2. The highest BCUT2D eigenvalue weighted by Crippen LogP contribution is 2.66. The minimum atomic E-state index is -2.09. The topological polar surface area (TPSA) is 162 Å². The van der Waals surface area contributed by atoms with Crippen LogP contribution in [0.1, 0.15) is 34.7 Å². The van der Waals surface area contributed by atoms with E-state index >= 15 is 0 Å². The number of aromatic hydroxyl groups is 2. The quantitative estimate of drug-likeness (QED) is 0.267. The smallest absolute Gasteiger partial charge is 0.339 e. The number of likely N-dealkylation sites (tertiary alicyclic amines) is 1. The van der Waals surface area contributed by atoms with Crippen LogP contribution >= 0.6 is 23.2 Å². The second kappa shape index (κ2) is 9.20. The Hall–Kier alpha value is -4.09. The van der Waals surface area contributed by atoms with Crippen molar-refractivity contribution >= 4 is 58.5 Å². The number of hydrogen-bond donors (Lipinski definition) is 3. The average Bonchev–Trinajstić information content (AvgIpc) is 3.28. The van der Waals surface area contributed by atoms with Gasteiger partial charge < -0.3 is 20.1 Å². The molecule has 218 valence electrons. The molecule has 4 amide bonds. The predicted octanol–water partition coefficient (Wildman–Crippen LogP) is 3.00. The SMILES string of the molecule is COc1cccc(O)c1C1C2=CCC3C(=O)N(c4ccc(C(=O)O)c(O)c4)C(=O)C3C2CC2(Cl)C(=O)N(C)C(=O)C12Cl. The van der Waals surface area contributed by atoms with Gasteiger partial charge in [0.05, 0.1) is 24.6 Å². The van der Waals surface area contributed by atoms with Crippen molar-refractivity contribution in [3.8, 4) is 17.2 Å². The minimum absolute atomic E-state index is 0.0164. The summed E-state index contributed by atoms with van der Waals surface area (Å²) >= 11 is 14.2. The maximum absolute atomic E-state index is 14.0. The summed E-state index contributed by atoms with van der Waals surface area (Å²) in [6.07, 6.45) is 1.53. The number of carboxylic acids is 1. The molecule has 2 aliphatic carbocycles. The summed E-state index contributed by atoms with van der Waals surface area (Å²) in [7, 11) is 2.63. The molecular weight excluding hydrogens is 591 g/mol. The van der Waals surface area contributed by atoms with Crippen molar-refractivity contribution in [2.45, 2.75) is 28.5 Å². The lowest BCUT2D eigenvalue weighted by Crippen LogP contribution is -2.60. The van der Waals surface area contributed by atoms with Crippen LogP contribution in [0.4, 0.5) is 5.69 Å². The fourth-order valence-electron chi connectivity index (χ4n) is 7.16. The number of amides is 4. The Morgan fingerprint density at radius 3 is 2.36 bits per heavy atom. The number of carbonyl (C=O) groups excluding carboxylic acids is 4. The molecule has 1 saturated carbocycles. The van der Waals surface area contributed by atoms with Crippen molar-refractivity contribution in [1.82, 2.24) is 4.90 Å². The molecule has 11 nitrogen and oxygen atoms in total. The molecule has 4 aliphatic rings. The standard InChI is InChI=1S/C29H24Cl2N2O9/c1-32-26(40)28(30)11-16-13(22(29(28,31)27(32)41)21-17(34)4-3-5-19(21)42-2)8-9-15-20(16)24(37)33(23(15)36)12-6-7-14(25(38)39)18(35)10-12/h3-8,10,15-16,20,22,34-35H,9,11H2,1-2H3,(H,38,39). The van der Waals surface area contributed by atoms with Crippen molar-refractivity contribution in [3.63, 3.8) is 0 Å². The second-order valence-corrected chi connectivity index (χ2v) is 12.2. The summed E-state index contributed by atoms with van der Waals surface area (Å²) in [6.45, 7) is 0. The summed E-state index contributed by atoms with van der Waals surface area (Å²) in [6, 6.07) is 7.85. The predicted molar refractivity (Wildman–Crippen MR) is 148 cm³/mol. The summed E-state index contributed by atoms with van der Waals surface area (Å²) in [5.74, 6) is -8.79. The lowest BCUT2D eigenvalue weighted by atomic mass is 9.56. The Balaban J connectivity index is 1.52. The van der Waals surface area contributed by atoms with Gasteiger partial charge in [0.2, 0.25) is 11.8 Å². The highest BCUT2D eigenvalue weighted by atomic mass is 35.5. The number of hydrogen-bond acceptors (Lipinski definition) is 8. The molecule has 3 fully saturated rings. The van der Waals surface area contributed by atoms with E-state index in [0.717, 1.165) is 21.9 Å². The first-order valence-electron chi connectivity index (χ1n) is 13.0. The first-order chi connectivity index (χ1) is 19.8. The largest absolute Gasteiger partial charge is 0.508 e. The molecule has 2 saturated heterocycles. The number of methoxy groups -OCH3 is 1. The number of anilines is 1. The third kappa shape index (κ3) is 3.37. The number of rotatable bonds is 4. The molecule has 0 spiro atoms. The number of alkyl halides is 2. The van der Waals surface area contributed by atoms with Crippen molar-refractivity contribution in [2.75, 3.05) is 19.1 Å². The van der Waals surface area contributed by atoms with Crippen LogP contribution < -0.4 is 9.64 Å². The minimum Gasteiger partial charge on any atom is -0.508 e. The average molecular weight is 615 g/mol. The fourth-order valence-corrected chi connectivity index (χ4v) is 8.16. The van der Waals surface area contributed by atoms with Crippen molar-refractivity contribution in [1.29, 1.82) is 0 Å². The van der Waals surface area contributed by atoms with Gasteiger partial charge in [0, 0.05) is 24.6 Å². The van der Waals surface area contributed by atoms with Gasteiger partial charge in [0.25, 0.3) is 11.8 Å². The van der Waals surface area contributed by atoms with Crippen LogP contribution in [0.3, 0.4) is 0 Å². The van der Waals surface area contributed by atoms with Crippen LogP contribution in [0.2, 0.25) is 0 Å². The molecule has 0 radical (unpaired) electrons. The van der Waals surface area contributed by atoms with E-state index in [1.165, 1.54) is 32.4 Å².